The van der Waals surface area contributed by atoms with E-state index in [1.807, 2.05) is 49.4 Å². The summed E-state index contributed by atoms with van der Waals surface area (Å²) in [5, 5.41) is 0. The van der Waals surface area contributed by atoms with Gasteiger partial charge in [0.05, 0.1) is 19.1 Å². The quantitative estimate of drug-likeness (QED) is 0.926. The fourth-order valence-corrected chi connectivity index (χ4v) is 2.45. The largest absolute Gasteiger partial charge is 0.493 e. The van der Waals surface area contributed by atoms with Gasteiger partial charge >= 0.3 is 0 Å². The number of fused-ring (bicyclic) bond motifs is 1. The van der Waals surface area contributed by atoms with Gasteiger partial charge in [-0.15, -0.1) is 0 Å². The molecule has 0 aromatic heterocycles. The first kappa shape index (κ1) is 13.0. The minimum absolute atomic E-state index is 0.0223. The minimum Gasteiger partial charge on any atom is -0.493 e. The lowest BCUT2D eigenvalue weighted by Gasteiger charge is -2.13. The molecule has 2 aromatic carbocycles. The highest BCUT2D eigenvalue weighted by Gasteiger charge is 2.24. The van der Waals surface area contributed by atoms with Crippen LogP contribution in [0.5, 0.6) is 11.5 Å². The van der Waals surface area contributed by atoms with Crippen molar-refractivity contribution in [2.24, 2.45) is 5.73 Å². The highest BCUT2D eigenvalue weighted by molar-refractivity contribution is 5.40. The summed E-state index contributed by atoms with van der Waals surface area (Å²) >= 11 is 0. The number of hydrogen-bond acceptors (Lipinski definition) is 3. The molecule has 0 bridgehead atoms. The van der Waals surface area contributed by atoms with E-state index in [0.29, 0.717) is 19.1 Å². The van der Waals surface area contributed by atoms with E-state index >= 15 is 0 Å². The third kappa shape index (κ3) is 2.63. The van der Waals surface area contributed by atoms with E-state index in [4.69, 9.17) is 15.2 Å². The molecule has 0 saturated heterocycles. The van der Waals surface area contributed by atoms with Crippen molar-refractivity contribution >= 4 is 0 Å². The first-order chi connectivity index (χ1) is 9.74. The van der Waals surface area contributed by atoms with Crippen molar-refractivity contribution in [3.8, 4) is 11.5 Å². The maximum Gasteiger partial charge on any atom is 0.123 e. The Morgan fingerprint density at radius 3 is 2.95 bits per heavy atom. The van der Waals surface area contributed by atoms with Crippen LogP contribution in [0.1, 0.15) is 30.0 Å². The van der Waals surface area contributed by atoms with Crippen molar-refractivity contribution in [1.29, 1.82) is 0 Å². The molecule has 1 unspecified atom stereocenters. The summed E-state index contributed by atoms with van der Waals surface area (Å²) in [5.41, 5.74) is 8.21. The lowest BCUT2D eigenvalue weighted by atomic mass is 10.0. The van der Waals surface area contributed by atoms with Crippen LogP contribution in [0.3, 0.4) is 0 Å². The van der Waals surface area contributed by atoms with Crippen LogP contribution in [-0.4, -0.2) is 13.2 Å². The third-order valence-electron chi connectivity index (χ3n) is 3.63. The average Bonchev–Trinajstić information content (AvgIpc) is 2.89. The number of nitrogens with two attached hydrogens (primary N) is 1. The van der Waals surface area contributed by atoms with Gasteiger partial charge in [-0.05, 0) is 30.7 Å². The van der Waals surface area contributed by atoms with Crippen molar-refractivity contribution in [1.82, 2.24) is 0 Å². The van der Waals surface area contributed by atoms with Gasteiger partial charge < -0.3 is 15.2 Å². The number of para-hydroxylation sites is 1. The molecule has 20 heavy (non-hydrogen) atoms. The molecule has 2 N–H and O–H groups in total. The van der Waals surface area contributed by atoms with Crippen molar-refractivity contribution in [3.63, 3.8) is 0 Å². The second-order valence-corrected chi connectivity index (χ2v) is 5.22. The first-order valence-corrected chi connectivity index (χ1v) is 6.94. The van der Waals surface area contributed by atoms with Gasteiger partial charge in [0.15, 0.2) is 0 Å². The Hall–Kier alpha value is -2.00. The van der Waals surface area contributed by atoms with E-state index in [1.165, 1.54) is 5.56 Å². The van der Waals surface area contributed by atoms with Crippen molar-refractivity contribution < 1.29 is 9.47 Å². The molecule has 0 fully saturated rings. The predicted molar refractivity (Wildman–Crippen MR) is 79.2 cm³/mol. The zero-order valence-corrected chi connectivity index (χ0v) is 11.6. The summed E-state index contributed by atoms with van der Waals surface area (Å²) in [6, 6.07) is 16.1. The Balaban J connectivity index is 1.67. The van der Waals surface area contributed by atoms with E-state index in [2.05, 4.69) is 6.07 Å². The van der Waals surface area contributed by atoms with E-state index in [9.17, 15) is 0 Å². The van der Waals surface area contributed by atoms with E-state index in [-0.39, 0.29) is 6.04 Å². The van der Waals surface area contributed by atoms with Crippen LogP contribution >= 0.6 is 0 Å². The summed E-state index contributed by atoms with van der Waals surface area (Å²) in [4.78, 5) is 0. The highest BCUT2D eigenvalue weighted by atomic mass is 16.5. The number of benzene rings is 2. The molecule has 0 spiro atoms. The number of ether oxygens (including phenoxy) is 2. The zero-order chi connectivity index (χ0) is 13.9. The molecule has 1 heterocycles. The van der Waals surface area contributed by atoms with Gasteiger partial charge in [0.2, 0.25) is 0 Å². The van der Waals surface area contributed by atoms with Gasteiger partial charge in [-0.2, -0.15) is 0 Å². The number of hydrogen-bond donors (Lipinski definition) is 1. The Labute approximate surface area is 119 Å². The molecule has 3 rings (SSSR count). The molecule has 0 saturated carbocycles. The van der Waals surface area contributed by atoms with Crippen LogP contribution in [0.15, 0.2) is 48.5 Å². The molecule has 1 aliphatic heterocycles. The number of rotatable bonds is 4. The van der Waals surface area contributed by atoms with E-state index in [1.54, 1.807) is 0 Å². The van der Waals surface area contributed by atoms with Crippen molar-refractivity contribution in [2.45, 2.75) is 18.9 Å². The van der Waals surface area contributed by atoms with Crippen LogP contribution in [0, 0.1) is 0 Å². The fourth-order valence-electron chi connectivity index (χ4n) is 2.45. The molecule has 0 radical (unpaired) electrons. The molecule has 3 heteroatoms. The maximum absolute atomic E-state index is 5.90. The molecule has 1 aliphatic rings. The topological polar surface area (TPSA) is 44.5 Å². The molecule has 3 nitrogen and oxygen atoms in total. The maximum atomic E-state index is 5.90. The molecule has 0 amide bonds. The summed E-state index contributed by atoms with van der Waals surface area (Å²) in [6.45, 7) is 3.28. The lowest BCUT2D eigenvalue weighted by molar-refractivity contribution is 0.248. The summed E-state index contributed by atoms with van der Waals surface area (Å²) in [5.74, 6) is 2.14. The van der Waals surface area contributed by atoms with Crippen molar-refractivity contribution in [2.75, 3.05) is 13.2 Å². The Kier molecular flexibility index (Phi) is 3.61. The Morgan fingerprint density at radius 2 is 2.10 bits per heavy atom. The molecule has 2 atom stereocenters. The van der Waals surface area contributed by atoms with Gasteiger partial charge in [0.1, 0.15) is 11.5 Å². The van der Waals surface area contributed by atoms with Gasteiger partial charge in [0.25, 0.3) is 0 Å². The van der Waals surface area contributed by atoms with Crippen LogP contribution in [0.25, 0.3) is 0 Å². The zero-order valence-electron chi connectivity index (χ0n) is 11.6. The summed E-state index contributed by atoms with van der Waals surface area (Å²) < 4.78 is 11.6. The van der Waals surface area contributed by atoms with E-state index in [0.717, 1.165) is 17.1 Å². The second-order valence-electron chi connectivity index (χ2n) is 5.22. The molecule has 0 aliphatic carbocycles. The fraction of sp³-hybridized carbons (Fsp3) is 0.294. The van der Waals surface area contributed by atoms with Gasteiger partial charge in [-0.3, -0.25) is 0 Å². The predicted octanol–water partition coefficient (Wildman–Crippen LogP) is 3.26. The van der Waals surface area contributed by atoms with Gasteiger partial charge in [-0.25, -0.2) is 0 Å². The SMILES string of the molecule is C[C@H](N)c1cccc(OCC2COc3ccccc32)c1. The van der Waals surface area contributed by atoms with Crippen LogP contribution in [0.4, 0.5) is 0 Å². The lowest BCUT2D eigenvalue weighted by Crippen LogP contribution is -2.12. The van der Waals surface area contributed by atoms with Crippen LogP contribution < -0.4 is 15.2 Å². The normalized spacial score (nSPS) is 18.2. The second kappa shape index (κ2) is 5.55. The first-order valence-electron chi connectivity index (χ1n) is 6.94. The summed E-state index contributed by atoms with van der Waals surface area (Å²) in [6.07, 6.45) is 0. The van der Waals surface area contributed by atoms with E-state index < -0.39 is 0 Å². The Morgan fingerprint density at radius 1 is 1.25 bits per heavy atom. The van der Waals surface area contributed by atoms with Crippen LogP contribution in [0.2, 0.25) is 0 Å². The highest BCUT2D eigenvalue weighted by Crippen LogP contribution is 2.33. The smallest absolute Gasteiger partial charge is 0.123 e. The standard InChI is InChI=1S/C17H19NO2/c1-12(18)13-5-4-6-15(9-13)19-10-14-11-20-17-8-3-2-7-16(14)17/h2-9,12,14H,10-11,18H2,1H3/t12-,14?/m0/s1. The molecule has 104 valence electrons. The molecular weight excluding hydrogens is 250 g/mol. The monoisotopic (exact) mass is 269 g/mol. The van der Waals surface area contributed by atoms with Gasteiger partial charge in [-0.1, -0.05) is 30.3 Å². The third-order valence-corrected chi connectivity index (χ3v) is 3.63. The average molecular weight is 269 g/mol. The van der Waals surface area contributed by atoms with Gasteiger partial charge in [0, 0.05) is 11.6 Å². The minimum atomic E-state index is 0.0223. The van der Waals surface area contributed by atoms with Crippen molar-refractivity contribution in [3.05, 3.63) is 59.7 Å². The summed E-state index contributed by atoms with van der Waals surface area (Å²) in [7, 11) is 0. The molecule has 2 aromatic rings. The Bertz CT molecular complexity index is 595. The van der Waals surface area contributed by atoms with Crippen LogP contribution in [-0.2, 0) is 0 Å². The molecular formula is C17H19NO2.